The summed E-state index contributed by atoms with van der Waals surface area (Å²) in [7, 11) is 1.70. The standard InChI is InChI=1S/C25H30N2O2.ClH/c1-29-23-10-7-19-15-24(18-5-3-2-4-6-18)27(16-20(19)14-23)25(28)13-17-11-21-8-9-22(12-17)26-21;/h2-7,10,14,17,21-22,24,26H,8-9,11-13,15-16H2,1H3;1H. The minimum absolute atomic E-state index is 0. The van der Waals surface area contributed by atoms with Crippen molar-refractivity contribution in [1.82, 2.24) is 10.2 Å². The van der Waals surface area contributed by atoms with Gasteiger partial charge in [-0.3, -0.25) is 4.79 Å². The second-order valence-corrected chi connectivity index (χ2v) is 8.97. The van der Waals surface area contributed by atoms with Crippen molar-refractivity contribution in [2.24, 2.45) is 5.92 Å². The molecule has 1 amide bonds. The van der Waals surface area contributed by atoms with Gasteiger partial charge in [0.2, 0.25) is 5.91 Å². The molecule has 0 spiro atoms. The van der Waals surface area contributed by atoms with E-state index in [-0.39, 0.29) is 18.4 Å². The quantitative estimate of drug-likeness (QED) is 0.772. The molecule has 3 atom stereocenters. The molecule has 2 saturated heterocycles. The van der Waals surface area contributed by atoms with Crippen LogP contribution in [0.25, 0.3) is 0 Å². The topological polar surface area (TPSA) is 41.6 Å². The van der Waals surface area contributed by atoms with E-state index < -0.39 is 0 Å². The van der Waals surface area contributed by atoms with Crippen LogP contribution in [0.4, 0.5) is 0 Å². The van der Waals surface area contributed by atoms with E-state index in [0.29, 0.717) is 36.9 Å². The number of halogens is 1. The molecule has 3 aliphatic rings. The molecule has 0 aromatic heterocycles. The van der Waals surface area contributed by atoms with Crippen LogP contribution in [0.2, 0.25) is 0 Å². The molecule has 5 rings (SSSR count). The molecule has 5 heteroatoms. The second kappa shape index (κ2) is 8.99. The Balaban J connectivity index is 0.00000218. The summed E-state index contributed by atoms with van der Waals surface area (Å²) in [6.07, 6.45) is 6.40. The maximum absolute atomic E-state index is 13.5. The van der Waals surface area contributed by atoms with Crippen LogP contribution in [0, 0.1) is 5.92 Å². The molecule has 0 saturated carbocycles. The van der Waals surface area contributed by atoms with Gasteiger partial charge in [-0.15, -0.1) is 12.4 Å². The van der Waals surface area contributed by atoms with E-state index in [4.69, 9.17) is 4.74 Å². The van der Waals surface area contributed by atoms with Gasteiger partial charge < -0.3 is 15.0 Å². The Morgan fingerprint density at radius 2 is 1.80 bits per heavy atom. The smallest absolute Gasteiger partial charge is 0.223 e. The average molecular weight is 427 g/mol. The molecule has 2 bridgehead atoms. The highest BCUT2D eigenvalue weighted by atomic mass is 35.5. The van der Waals surface area contributed by atoms with Crippen LogP contribution in [0.1, 0.15) is 54.8 Å². The summed E-state index contributed by atoms with van der Waals surface area (Å²) in [5, 5.41) is 3.69. The van der Waals surface area contributed by atoms with Gasteiger partial charge in [0.05, 0.1) is 13.2 Å². The second-order valence-electron chi connectivity index (χ2n) is 8.97. The van der Waals surface area contributed by atoms with Crippen molar-refractivity contribution in [2.45, 2.75) is 63.2 Å². The number of nitrogens with one attached hydrogen (secondary N) is 1. The number of carbonyl (C=O) groups is 1. The monoisotopic (exact) mass is 426 g/mol. The van der Waals surface area contributed by atoms with Gasteiger partial charge in [-0.05, 0) is 66.8 Å². The first kappa shape index (κ1) is 21.2. The molecule has 2 fully saturated rings. The molecule has 30 heavy (non-hydrogen) atoms. The molecule has 3 aliphatic heterocycles. The Morgan fingerprint density at radius 1 is 1.07 bits per heavy atom. The van der Waals surface area contributed by atoms with Gasteiger partial charge in [0, 0.05) is 25.0 Å². The number of carbonyl (C=O) groups excluding carboxylic acids is 1. The van der Waals surface area contributed by atoms with Crippen molar-refractivity contribution in [2.75, 3.05) is 7.11 Å². The first-order chi connectivity index (χ1) is 14.2. The predicted octanol–water partition coefficient (Wildman–Crippen LogP) is 4.66. The molecular weight excluding hydrogens is 396 g/mol. The lowest BCUT2D eigenvalue weighted by atomic mass is 9.86. The van der Waals surface area contributed by atoms with Crippen LogP contribution < -0.4 is 10.1 Å². The SMILES string of the molecule is COc1ccc2c(c1)CN(C(=O)CC1CC3CCC(C1)N3)C(c1ccccc1)C2.Cl. The third kappa shape index (κ3) is 4.21. The molecule has 3 unspecified atom stereocenters. The Kier molecular flexibility index (Phi) is 6.35. The number of nitrogens with zero attached hydrogens (tertiary/aromatic N) is 1. The third-order valence-electron chi connectivity index (χ3n) is 7.08. The van der Waals surface area contributed by atoms with E-state index in [1.807, 2.05) is 12.1 Å². The fraction of sp³-hybridized carbons (Fsp3) is 0.480. The summed E-state index contributed by atoms with van der Waals surface area (Å²) in [5.41, 5.74) is 3.77. The van der Waals surface area contributed by atoms with E-state index in [2.05, 4.69) is 46.6 Å². The van der Waals surface area contributed by atoms with Crippen molar-refractivity contribution in [1.29, 1.82) is 0 Å². The van der Waals surface area contributed by atoms with Crippen molar-refractivity contribution >= 4 is 18.3 Å². The normalized spacial score (nSPS) is 27.2. The van der Waals surface area contributed by atoms with Gasteiger partial charge in [0.15, 0.2) is 0 Å². The average Bonchev–Trinajstić information content (AvgIpc) is 3.10. The van der Waals surface area contributed by atoms with Crippen LogP contribution in [0.3, 0.4) is 0 Å². The molecule has 2 aromatic carbocycles. The highest BCUT2D eigenvalue weighted by Crippen LogP contribution is 2.38. The molecule has 0 aliphatic carbocycles. The lowest BCUT2D eigenvalue weighted by Gasteiger charge is -2.39. The van der Waals surface area contributed by atoms with Gasteiger partial charge >= 0.3 is 0 Å². The first-order valence-electron chi connectivity index (χ1n) is 11.0. The van der Waals surface area contributed by atoms with Crippen molar-refractivity contribution in [3.05, 3.63) is 65.2 Å². The van der Waals surface area contributed by atoms with Crippen molar-refractivity contribution < 1.29 is 9.53 Å². The number of benzene rings is 2. The molecule has 0 radical (unpaired) electrons. The first-order valence-corrected chi connectivity index (χ1v) is 11.0. The lowest BCUT2D eigenvalue weighted by Crippen LogP contribution is -2.42. The number of methoxy groups -OCH3 is 1. The lowest BCUT2D eigenvalue weighted by molar-refractivity contribution is -0.136. The van der Waals surface area contributed by atoms with E-state index in [9.17, 15) is 4.79 Å². The maximum Gasteiger partial charge on any atom is 0.223 e. The van der Waals surface area contributed by atoms with Gasteiger partial charge in [-0.1, -0.05) is 36.4 Å². The number of rotatable bonds is 4. The fourth-order valence-corrected chi connectivity index (χ4v) is 5.63. The van der Waals surface area contributed by atoms with Crippen molar-refractivity contribution in [3.8, 4) is 5.75 Å². The summed E-state index contributed by atoms with van der Waals surface area (Å²) in [6.45, 7) is 0.669. The zero-order valence-corrected chi connectivity index (χ0v) is 18.4. The number of piperidine rings is 1. The van der Waals surface area contributed by atoms with Gasteiger partial charge in [-0.2, -0.15) is 0 Å². The Labute approximate surface area is 185 Å². The van der Waals surface area contributed by atoms with E-state index >= 15 is 0 Å². The zero-order valence-electron chi connectivity index (χ0n) is 17.5. The van der Waals surface area contributed by atoms with E-state index in [1.165, 1.54) is 29.5 Å². The molecule has 2 aromatic rings. The van der Waals surface area contributed by atoms with Crippen LogP contribution in [0.5, 0.6) is 5.75 Å². The number of hydrogen-bond acceptors (Lipinski definition) is 3. The van der Waals surface area contributed by atoms with Crippen LogP contribution in [-0.4, -0.2) is 30.0 Å². The van der Waals surface area contributed by atoms with Crippen molar-refractivity contribution in [3.63, 3.8) is 0 Å². The van der Waals surface area contributed by atoms with E-state index in [1.54, 1.807) is 7.11 Å². The van der Waals surface area contributed by atoms with Gasteiger partial charge in [0.1, 0.15) is 5.75 Å². The molecule has 1 N–H and O–H groups in total. The largest absolute Gasteiger partial charge is 0.497 e. The molecule has 4 nitrogen and oxygen atoms in total. The summed E-state index contributed by atoms with van der Waals surface area (Å²) in [6, 6.07) is 18.2. The minimum atomic E-state index is 0. The molecular formula is C25H31ClN2O2. The number of hydrogen-bond donors (Lipinski definition) is 1. The zero-order chi connectivity index (χ0) is 19.8. The van der Waals surface area contributed by atoms with Crippen LogP contribution in [0.15, 0.2) is 48.5 Å². The highest BCUT2D eigenvalue weighted by molar-refractivity contribution is 5.85. The number of ether oxygens (including phenoxy) is 1. The maximum atomic E-state index is 13.5. The number of amides is 1. The Bertz CT molecular complexity index is 876. The van der Waals surface area contributed by atoms with E-state index in [0.717, 1.165) is 25.0 Å². The minimum Gasteiger partial charge on any atom is -0.497 e. The summed E-state index contributed by atoms with van der Waals surface area (Å²) in [4.78, 5) is 15.6. The molecule has 3 heterocycles. The summed E-state index contributed by atoms with van der Waals surface area (Å²) < 4.78 is 5.43. The third-order valence-corrected chi connectivity index (χ3v) is 7.08. The van der Waals surface area contributed by atoms with Gasteiger partial charge in [-0.25, -0.2) is 0 Å². The Hall–Kier alpha value is -2.04. The van der Waals surface area contributed by atoms with Crippen LogP contribution >= 0.6 is 12.4 Å². The molecule has 160 valence electrons. The predicted molar refractivity (Wildman–Crippen MR) is 121 cm³/mol. The highest BCUT2D eigenvalue weighted by Gasteiger charge is 2.37. The van der Waals surface area contributed by atoms with Crippen LogP contribution in [-0.2, 0) is 17.8 Å². The number of fused-ring (bicyclic) bond motifs is 3. The summed E-state index contributed by atoms with van der Waals surface area (Å²) in [5.74, 6) is 1.69. The van der Waals surface area contributed by atoms with Gasteiger partial charge in [0.25, 0.3) is 0 Å². The summed E-state index contributed by atoms with van der Waals surface area (Å²) >= 11 is 0. The fourth-order valence-electron chi connectivity index (χ4n) is 5.63. The Morgan fingerprint density at radius 3 is 2.50 bits per heavy atom.